The van der Waals surface area contributed by atoms with E-state index in [1.54, 1.807) is 0 Å². The number of hydrogen-bond donors (Lipinski definition) is 0. The third-order valence-electron chi connectivity index (χ3n) is 4.43. The van der Waals surface area contributed by atoms with E-state index in [9.17, 15) is 4.79 Å². The van der Waals surface area contributed by atoms with Crippen LogP contribution in [0.4, 0.5) is 0 Å². The Labute approximate surface area is 163 Å². The molecule has 0 spiro atoms. The molecule has 0 atom stereocenters. The minimum absolute atomic E-state index is 0.130. The molecule has 0 aliphatic carbocycles. The highest BCUT2D eigenvalue weighted by Gasteiger charge is 2.35. The molecule has 0 fully saturated rings. The van der Waals surface area contributed by atoms with Gasteiger partial charge in [0.1, 0.15) is 0 Å². The Kier molecular flexibility index (Phi) is 6.72. The monoisotopic (exact) mass is 378 g/mol. The Morgan fingerprint density at radius 1 is 0.704 bits per heavy atom. The summed E-state index contributed by atoms with van der Waals surface area (Å²) in [5, 5.41) is 0. The van der Waals surface area contributed by atoms with Crippen molar-refractivity contribution < 1.29 is 8.98 Å². The molecular weight excluding hydrogens is 352 g/mol. The topological polar surface area (TPSA) is 26.3 Å². The third kappa shape index (κ3) is 4.42. The summed E-state index contributed by atoms with van der Waals surface area (Å²) in [4.78, 5) is 16.0. The number of unbranched alkanes of at least 4 members (excludes halogenated alkanes) is 2. The van der Waals surface area contributed by atoms with Crippen molar-refractivity contribution in [2.24, 2.45) is 0 Å². The van der Waals surface area contributed by atoms with E-state index < -0.39 is 10.3 Å². The third-order valence-corrected chi connectivity index (χ3v) is 7.67. The van der Waals surface area contributed by atoms with Crippen LogP contribution in [0.2, 0.25) is 0 Å². The van der Waals surface area contributed by atoms with Crippen molar-refractivity contribution in [1.29, 1.82) is 0 Å². The van der Waals surface area contributed by atoms with E-state index in [1.165, 1.54) is 0 Å². The Bertz CT molecular complexity index is 735. The van der Waals surface area contributed by atoms with E-state index in [1.807, 2.05) is 54.6 Å². The van der Waals surface area contributed by atoms with Gasteiger partial charge >= 0.3 is 5.97 Å². The maximum absolute atomic E-state index is 12.9. The van der Waals surface area contributed by atoms with Gasteiger partial charge in [-0.05, 0) is 53.1 Å². The fraction of sp³-hybridized carbons (Fsp3) is 0.208. The Morgan fingerprint density at radius 2 is 1.11 bits per heavy atom. The molecule has 0 aliphatic rings. The number of hydrogen-bond acceptors (Lipinski definition) is 2. The summed E-state index contributed by atoms with van der Waals surface area (Å²) in [5.74, 6) is -0.130. The maximum Gasteiger partial charge on any atom is 0.317 e. The van der Waals surface area contributed by atoms with Gasteiger partial charge in [-0.1, -0.05) is 74.4 Å². The highest BCUT2D eigenvalue weighted by molar-refractivity contribution is 8.30. The first-order chi connectivity index (χ1) is 13.3. The Hall–Kier alpha value is -2.52. The predicted molar refractivity (Wildman–Crippen MR) is 112 cm³/mol. The van der Waals surface area contributed by atoms with E-state index in [2.05, 4.69) is 43.3 Å². The van der Waals surface area contributed by atoms with Crippen LogP contribution in [0.25, 0.3) is 0 Å². The van der Waals surface area contributed by atoms with Crippen LogP contribution < -0.4 is 0 Å². The molecule has 3 aromatic rings. The quantitative estimate of drug-likeness (QED) is 0.394. The van der Waals surface area contributed by atoms with Crippen molar-refractivity contribution in [1.82, 2.24) is 0 Å². The van der Waals surface area contributed by atoms with Crippen LogP contribution in [0.15, 0.2) is 106 Å². The van der Waals surface area contributed by atoms with Gasteiger partial charge in [-0.15, -0.1) is 0 Å². The van der Waals surface area contributed by atoms with Crippen LogP contribution in [0.1, 0.15) is 32.6 Å². The van der Waals surface area contributed by atoms with Crippen molar-refractivity contribution >= 4 is 16.3 Å². The number of rotatable bonds is 8. The zero-order valence-electron chi connectivity index (χ0n) is 15.7. The largest absolute Gasteiger partial charge is 0.402 e. The van der Waals surface area contributed by atoms with Gasteiger partial charge < -0.3 is 4.18 Å². The fourth-order valence-corrected chi connectivity index (χ4v) is 6.18. The molecule has 0 aliphatic heterocycles. The van der Waals surface area contributed by atoms with Crippen molar-refractivity contribution in [2.45, 2.75) is 47.3 Å². The lowest BCUT2D eigenvalue weighted by Gasteiger charge is -2.39. The average Bonchev–Trinajstić information content (AvgIpc) is 2.74. The first kappa shape index (κ1) is 19.2. The highest BCUT2D eigenvalue weighted by Crippen LogP contribution is 2.69. The minimum atomic E-state index is -2.12. The van der Waals surface area contributed by atoms with Gasteiger partial charge in [-0.3, -0.25) is 4.79 Å². The number of carbonyl (C=O) groups excluding carboxylic acids is 1. The molecular formula is C24H26O2S. The van der Waals surface area contributed by atoms with Gasteiger partial charge in [0.25, 0.3) is 0 Å². The van der Waals surface area contributed by atoms with E-state index in [0.29, 0.717) is 6.42 Å². The van der Waals surface area contributed by atoms with Gasteiger partial charge in [0, 0.05) is 21.1 Å². The van der Waals surface area contributed by atoms with E-state index in [-0.39, 0.29) is 5.97 Å². The van der Waals surface area contributed by atoms with E-state index in [4.69, 9.17) is 4.18 Å². The lowest BCUT2D eigenvalue weighted by atomic mass is 10.2. The SMILES string of the molecule is CCCCCC(=O)OS(c1ccccc1)(c1ccccc1)c1ccccc1. The van der Waals surface area contributed by atoms with E-state index >= 15 is 0 Å². The molecule has 140 valence electrons. The molecule has 0 saturated carbocycles. The molecule has 27 heavy (non-hydrogen) atoms. The maximum atomic E-state index is 12.9. The molecule has 3 rings (SSSR count). The van der Waals surface area contributed by atoms with Crippen molar-refractivity contribution in [2.75, 3.05) is 0 Å². The Balaban J connectivity index is 2.12. The predicted octanol–water partition coefficient (Wildman–Crippen LogP) is 7.01. The molecule has 0 radical (unpaired) electrons. The summed E-state index contributed by atoms with van der Waals surface area (Å²) in [7, 11) is -2.12. The molecule has 0 saturated heterocycles. The molecule has 0 unspecified atom stereocenters. The van der Waals surface area contributed by atoms with E-state index in [0.717, 1.165) is 33.9 Å². The van der Waals surface area contributed by atoms with Crippen LogP contribution in [0.5, 0.6) is 0 Å². The summed E-state index contributed by atoms with van der Waals surface area (Å²) in [6, 6.07) is 30.4. The first-order valence-electron chi connectivity index (χ1n) is 9.48. The second-order valence-corrected chi connectivity index (χ2v) is 9.10. The van der Waals surface area contributed by atoms with Crippen LogP contribution in [0.3, 0.4) is 0 Å². The van der Waals surface area contributed by atoms with Gasteiger partial charge in [0.15, 0.2) is 0 Å². The average molecular weight is 379 g/mol. The lowest BCUT2D eigenvalue weighted by Crippen LogP contribution is -2.13. The number of carbonyl (C=O) groups is 1. The second kappa shape index (κ2) is 9.43. The normalized spacial score (nSPS) is 11.7. The van der Waals surface area contributed by atoms with Crippen molar-refractivity contribution in [3.63, 3.8) is 0 Å². The molecule has 2 nitrogen and oxygen atoms in total. The van der Waals surface area contributed by atoms with Gasteiger partial charge in [-0.25, -0.2) is 0 Å². The molecule has 3 heteroatoms. The lowest BCUT2D eigenvalue weighted by molar-refractivity contribution is -0.133. The van der Waals surface area contributed by atoms with Gasteiger partial charge in [-0.2, -0.15) is 0 Å². The first-order valence-corrected chi connectivity index (χ1v) is 11.0. The van der Waals surface area contributed by atoms with Gasteiger partial charge in [0.2, 0.25) is 0 Å². The van der Waals surface area contributed by atoms with Crippen LogP contribution >= 0.6 is 10.3 Å². The minimum Gasteiger partial charge on any atom is -0.402 e. The van der Waals surface area contributed by atoms with Gasteiger partial charge in [0.05, 0.1) is 0 Å². The number of benzene rings is 3. The summed E-state index contributed by atoms with van der Waals surface area (Å²) < 4.78 is 6.39. The van der Waals surface area contributed by atoms with Crippen molar-refractivity contribution in [3.8, 4) is 0 Å². The zero-order valence-corrected chi connectivity index (χ0v) is 16.5. The molecule has 0 amide bonds. The molecule has 3 aromatic carbocycles. The summed E-state index contributed by atoms with van der Waals surface area (Å²) >= 11 is 0. The smallest absolute Gasteiger partial charge is 0.317 e. The molecule has 0 heterocycles. The fourth-order valence-electron chi connectivity index (χ4n) is 3.09. The Morgan fingerprint density at radius 3 is 1.48 bits per heavy atom. The van der Waals surface area contributed by atoms with Crippen LogP contribution in [-0.4, -0.2) is 5.97 Å². The molecule has 0 N–H and O–H groups in total. The summed E-state index contributed by atoms with van der Waals surface area (Å²) in [5.41, 5.74) is 0. The van der Waals surface area contributed by atoms with Crippen molar-refractivity contribution in [3.05, 3.63) is 91.0 Å². The van der Waals surface area contributed by atoms with Crippen LogP contribution in [-0.2, 0) is 8.98 Å². The summed E-state index contributed by atoms with van der Waals surface area (Å²) in [6.45, 7) is 2.14. The van der Waals surface area contributed by atoms with Crippen LogP contribution in [0, 0.1) is 0 Å². The second-order valence-electron chi connectivity index (χ2n) is 6.41. The highest BCUT2D eigenvalue weighted by atomic mass is 32.3. The standard InChI is InChI=1S/C24H26O2S/c1-2-3-7-20-24(25)26-27(21-14-8-4-9-15-21,22-16-10-5-11-17-22)23-18-12-6-13-19-23/h4-6,8-19H,2-3,7,20H2,1H3. The zero-order chi connectivity index (χ0) is 19.0. The molecule has 0 bridgehead atoms. The molecule has 0 aromatic heterocycles. The summed E-state index contributed by atoms with van der Waals surface area (Å²) in [6.07, 6.45) is 3.44.